The molecule has 0 unspecified atom stereocenters. The Bertz CT molecular complexity index is 1020. The van der Waals surface area contributed by atoms with E-state index in [9.17, 15) is 13.6 Å². The molecule has 0 aliphatic carbocycles. The summed E-state index contributed by atoms with van der Waals surface area (Å²) in [6.07, 6.45) is 2.66. The van der Waals surface area contributed by atoms with Crippen LogP contribution in [-0.4, -0.2) is 25.7 Å². The molecular weight excluding hydrogens is 378 g/mol. The summed E-state index contributed by atoms with van der Waals surface area (Å²) in [5.41, 5.74) is 0.164. The number of hydrogen-bond acceptors (Lipinski definition) is 5. The van der Waals surface area contributed by atoms with Crippen LogP contribution in [-0.2, 0) is 0 Å². The zero-order chi connectivity index (χ0) is 19.6. The van der Waals surface area contributed by atoms with E-state index in [2.05, 4.69) is 20.4 Å². The average Bonchev–Trinajstić information content (AvgIpc) is 3.15. The number of hydrogen-bond donors (Lipinski definition) is 1. The average molecular weight is 389 g/mol. The number of amides is 1. The van der Waals surface area contributed by atoms with Gasteiger partial charge in [-0.1, -0.05) is 11.6 Å². The van der Waals surface area contributed by atoms with Crippen LogP contribution in [0, 0.1) is 23.0 Å². The number of carbonyl (C=O) groups excluding carboxylic acids is 1. The predicted molar refractivity (Wildman–Crippen MR) is 91.1 cm³/mol. The smallest absolute Gasteiger partial charge is 0.252 e. The van der Waals surface area contributed by atoms with Gasteiger partial charge in [0.15, 0.2) is 11.6 Å². The maximum Gasteiger partial charge on any atom is 0.252 e. The topological polar surface area (TPSA) is 96.5 Å². The van der Waals surface area contributed by atoms with Crippen LogP contribution in [0.4, 0.5) is 8.78 Å². The lowest BCUT2D eigenvalue weighted by Gasteiger charge is -2.14. The first-order valence-corrected chi connectivity index (χ1v) is 8.00. The number of pyridine rings is 1. The Morgan fingerprint density at radius 1 is 1.30 bits per heavy atom. The first kappa shape index (κ1) is 18.4. The van der Waals surface area contributed by atoms with E-state index in [4.69, 9.17) is 16.9 Å². The van der Waals surface area contributed by atoms with Gasteiger partial charge in [0.25, 0.3) is 5.91 Å². The van der Waals surface area contributed by atoms with Crippen LogP contribution in [0.5, 0.6) is 0 Å². The lowest BCUT2D eigenvalue weighted by molar-refractivity contribution is 0.0937. The molecule has 1 N–H and O–H groups in total. The van der Waals surface area contributed by atoms with E-state index in [1.54, 1.807) is 19.1 Å². The third kappa shape index (κ3) is 3.75. The highest BCUT2D eigenvalue weighted by Gasteiger charge is 2.20. The molecule has 136 valence electrons. The summed E-state index contributed by atoms with van der Waals surface area (Å²) >= 11 is 5.42. The van der Waals surface area contributed by atoms with Crippen molar-refractivity contribution in [2.45, 2.75) is 13.0 Å². The van der Waals surface area contributed by atoms with Crippen molar-refractivity contribution in [3.63, 3.8) is 0 Å². The summed E-state index contributed by atoms with van der Waals surface area (Å²) in [5.74, 6) is -2.03. The van der Waals surface area contributed by atoms with Gasteiger partial charge in [0.05, 0.1) is 11.6 Å². The largest absolute Gasteiger partial charge is 0.342 e. The van der Waals surface area contributed by atoms with Crippen molar-refractivity contribution in [3.8, 4) is 11.9 Å². The van der Waals surface area contributed by atoms with Gasteiger partial charge < -0.3 is 5.32 Å². The van der Waals surface area contributed by atoms with Crippen LogP contribution < -0.4 is 5.32 Å². The van der Waals surface area contributed by atoms with Gasteiger partial charge in [-0.05, 0) is 31.2 Å². The second kappa shape index (κ2) is 7.47. The molecular formula is C17H11ClF2N6O. The van der Waals surface area contributed by atoms with Gasteiger partial charge in [-0.2, -0.15) is 15.0 Å². The van der Waals surface area contributed by atoms with E-state index < -0.39 is 28.6 Å². The fourth-order valence-electron chi connectivity index (χ4n) is 2.33. The Morgan fingerprint density at radius 2 is 2.00 bits per heavy atom. The van der Waals surface area contributed by atoms with Crippen LogP contribution in [0.3, 0.4) is 0 Å². The van der Waals surface area contributed by atoms with Crippen molar-refractivity contribution < 1.29 is 13.6 Å². The normalized spacial score (nSPS) is 11.7. The molecule has 0 bridgehead atoms. The molecule has 0 spiro atoms. The quantitative estimate of drug-likeness (QED) is 0.693. The molecule has 0 saturated carbocycles. The van der Waals surface area contributed by atoms with Gasteiger partial charge in [-0.25, -0.2) is 18.7 Å². The Labute approximate surface area is 157 Å². The SMILES string of the molecule is C[C@H](NC(=O)c1cc(F)c(Cl)c(F)c1)c1ncnn1-c1ccc(C#N)cn1. The number of aromatic nitrogens is 4. The van der Waals surface area contributed by atoms with Gasteiger partial charge in [0.1, 0.15) is 29.1 Å². The fourth-order valence-corrected chi connectivity index (χ4v) is 2.44. The second-order valence-corrected chi connectivity index (χ2v) is 5.87. The van der Waals surface area contributed by atoms with E-state index in [-0.39, 0.29) is 5.56 Å². The van der Waals surface area contributed by atoms with Crippen molar-refractivity contribution in [1.29, 1.82) is 5.26 Å². The molecule has 3 aromatic rings. The molecule has 27 heavy (non-hydrogen) atoms. The predicted octanol–water partition coefficient (Wildman–Crippen LogP) is 2.96. The fraction of sp³-hybridized carbons (Fsp3) is 0.118. The summed E-state index contributed by atoms with van der Waals surface area (Å²) in [6, 6.07) is 6.14. The zero-order valence-corrected chi connectivity index (χ0v) is 14.6. The Morgan fingerprint density at radius 3 is 2.59 bits per heavy atom. The highest BCUT2D eigenvalue weighted by Crippen LogP contribution is 2.21. The molecule has 0 fully saturated rings. The number of benzene rings is 1. The Hall–Kier alpha value is -3.38. The summed E-state index contributed by atoms with van der Waals surface area (Å²) in [5, 5.41) is 14.8. The van der Waals surface area contributed by atoms with Crippen LogP contribution in [0.1, 0.15) is 34.7 Å². The lowest BCUT2D eigenvalue weighted by Crippen LogP contribution is -2.29. The minimum atomic E-state index is -1.03. The summed E-state index contributed by atoms with van der Waals surface area (Å²) < 4.78 is 28.5. The Kier molecular flexibility index (Phi) is 5.09. The van der Waals surface area contributed by atoms with Crippen LogP contribution in [0.25, 0.3) is 5.82 Å². The molecule has 7 nitrogen and oxygen atoms in total. The van der Waals surface area contributed by atoms with Crippen molar-refractivity contribution in [3.05, 3.63) is 70.4 Å². The summed E-state index contributed by atoms with van der Waals surface area (Å²) in [6.45, 7) is 1.63. The molecule has 3 rings (SSSR count). The van der Waals surface area contributed by atoms with Crippen LogP contribution in [0.2, 0.25) is 5.02 Å². The van der Waals surface area contributed by atoms with E-state index in [1.165, 1.54) is 17.2 Å². The first-order chi connectivity index (χ1) is 12.9. The molecule has 0 radical (unpaired) electrons. The molecule has 2 heterocycles. The molecule has 0 saturated heterocycles. The molecule has 1 amide bonds. The van der Waals surface area contributed by atoms with E-state index in [0.717, 1.165) is 12.1 Å². The molecule has 1 aromatic carbocycles. The molecule has 2 aromatic heterocycles. The third-order valence-electron chi connectivity index (χ3n) is 3.65. The summed E-state index contributed by atoms with van der Waals surface area (Å²) in [7, 11) is 0. The zero-order valence-electron chi connectivity index (χ0n) is 13.8. The third-order valence-corrected chi connectivity index (χ3v) is 4.01. The highest BCUT2D eigenvalue weighted by atomic mass is 35.5. The number of carbonyl (C=O) groups is 1. The number of rotatable bonds is 4. The molecule has 1 atom stereocenters. The maximum absolute atomic E-state index is 13.5. The van der Waals surface area contributed by atoms with Crippen molar-refractivity contribution in [2.24, 2.45) is 0 Å². The Balaban J connectivity index is 1.83. The lowest BCUT2D eigenvalue weighted by atomic mass is 10.2. The van der Waals surface area contributed by atoms with Crippen LogP contribution in [0.15, 0.2) is 36.8 Å². The van der Waals surface area contributed by atoms with Crippen molar-refractivity contribution >= 4 is 17.5 Å². The molecule has 0 aliphatic rings. The number of nitriles is 1. The highest BCUT2D eigenvalue weighted by molar-refractivity contribution is 6.31. The molecule has 10 heteroatoms. The van der Waals surface area contributed by atoms with Crippen LogP contribution >= 0.6 is 11.6 Å². The van der Waals surface area contributed by atoms with Gasteiger partial charge in [-0.15, -0.1) is 0 Å². The first-order valence-electron chi connectivity index (χ1n) is 7.62. The minimum absolute atomic E-state index is 0.219. The molecule has 0 aliphatic heterocycles. The number of halogens is 3. The second-order valence-electron chi connectivity index (χ2n) is 5.50. The summed E-state index contributed by atoms with van der Waals surface area (Å²) in [4.78, 5) is 20.5. The maximum atomic E-state index is 13.5. The number of nitrogens with zero attached hydrogens (tertiary/aromatic N) is 5. The van der Waals surface area contributed by atoms with Gasteiger partial charge in [0.2, 0.25) is 0 Å². The van der Waals surface area contributed by atoms with Gasteiger partial charge in [0, 0.05) is 11.8 Å². The van der Waals surface area contributed by atoms with E-state index >= 15 is 0 Å². The van der Waals surface area contributed by atoms with E-state index in [1.807, 2.05) is 6.07 Å². The van der Waals surface area contributed by atoms with Crippen molar-refractivity contribution in [1.82, 2.24) is 25.1 Å². The monoisotopic (exact) mass is 388 g/mol. The van der Waals surface area contributed by atoms with Crippen molar-refractivity contribution in [2.75, 3.05) is 0 Å². The van der Waals surface area contributed by atoms with Gasteiger partial charge >= 0.3 is 0 Å². The number of nitrogens with one attached hydrogen (secondary N) is 1. The van der Waals surface area contributed by atoms with E-state index in [0.29, 0.717) is 17.2 Å². The minimum Gasteiger partial charge on any atom is -0.342 e. The van der Waals surface area contributed by atoms with Gasteiger partial charge in [-0.3, -0.25) is 4.79 Å². The standard InChI is InChI=1S/C17H11ClF2N6O/c1-9(25-17(27)11-4-12(19)15(18)13(20)5-11)16-23-8-24-26(16)14-3-2-10(6-21)7-22-14/h2-5,7-9H,1H3,(H,25,27)/t9-/m0/s1.